The predicted octanol–water partition coefficient (Wildman–Crippen LogP) is -0.572. The molecule has 0 N–H and O–H groups in total. The molecule has 1 aliphatic carbocycles. The Morgan fingerprint density at radius 2 is 2.31 bits per heavy atom. The summed E-state index contributed by atoms with van der Waals surface area (Å²) in [5.74, 6) is 7.26. The molecule has 0 fully saturated rings. The van der Waals surface area contributed by atoms with Crippen LogP contribution in [-0.2, 0) is 0 Å². The number of allylic oxidation sites excluding steroid dienone is 1. The molecule has 0 amide bonds. The van der Waals surface area contributed by atoms with Crippen molar-refractivity contribution in [2.75, 3.05) is 0 Å². The fourth-order valence-electron chi connectivity index (χ4n) is 1.05. The molecule has 1 nitrogen and oxygen atoms in total. The van der Waals surface area contributed by atoms with Gasteiger partial charge in [-0.3, -0.25) is 4.98 Å². The standard InChI is InChI=1S/C10H8NS.Rb/c1-7-3-5-9-10(6-4-7)12-8(2)11-9;/h3,5H,1-2H3;/q-1;+1. The van der Waals surface area contributed by atoms with Crippen LogP contribution in [0, 0.1) is 24.7 Å². The molecule has 0 saturated heterocycles. The fourth-order valence-corrected chi connectivity index (χ4v) is 1.81. The Hall–Kier alpha value is 0.605. The molecular formula is C10H8NRbS. The second kappa shape index (κ2) is 4.90. The van der Waals surface area contributed by atoms with E-state index in [2.05, 4.69) is 16.8 Å². The van der Waals surface area contributed by atoms with Crippen LogP contribution in [0.1, 0.15) is 22.5 Å². The summed E-state index contributed by atoms with van der Waals surface area (Å²) >= 11 is 1.66. The Bertz CT molecular complexity index is 395. The summed E-state index contributed by atoms with van der Waals surface area (Å²) in [6, 6.07) is 0. The molecule has 1 heterocycles. The van der Waals surface area contributed by atoms with Crippen LogP contribution in [0.3, 0.4) is 0 Å². The average Bonchev–Trinajstić information content (AvgIpc) is 2.31. The molecule has 0 aromatic carbocycles. The fraction of sp³-hybridized carbons (Fsp3) is 0.200. The number of aromatic nitrogens is 1. The topological polar surface area (TPSA) is 12.9 Å². The van der Waals surface area contributed by atoms with E-state index in [0.717, 1.165) is 21.5 Å². The van der Waals surface area contributed by atoms with E-state index in [9.17, 15) is 0 Å². The number of hydrogen-bond donors (Lipinski definition) is 0. The van der Waals surface area contributed by atoms with Gasteiger partial charge in [-0.25, -0.2) is 11.8 Å². The number of fused-ring (bicyclic) bond motifs is 1. The van der Waals surface area contributed by atoms with Gasteiger partial charge in [0.25, 0.3) is 0 Å². The van der Waals surface area contributed by atoms with E-state index >= 15 is 0 Å². The molecule has 0 aliphatic heterocycles. The Morgan fingerprint density at radius 1 is 1.54 bits per heavy atom. The molecule has 1 aromatic heterocycles. The quantitative estimate of drug-likeness (QED) is 0.449. The average molecular weight is 260 g/mol. The minimum atomic E-state index is 0. The number of thiazole rings is 1. The van der Waals surface area contributed by atoms with E-state index < -0.39 is 0 Å². The van der Waals surface area contributed by atoms with Crippen LogP contribution in [0.5, 0.6) is 0 Å². The maximum Gasteiger partial charge on any atom is 1.00 e. The molecule has 0 radical (unpaired) electrons. The van der Waals surface area contributed by atoms with Crippen molar-refractivity contribution in [3.63, 3.8) is 0 Å². The first-order valence-electron chi connectivity index (χ1n) is 3.77. The smallest absolute Gasteiger partial charge is 0.255 e. The Labute approximate surface area is 131 Å². The third-order valence-electron chi connectivity index (χ3n) is 1.62. The molecule has 0 bridgehead atoms. The predicted molar refractivity (Wildman–Crippen MR) is 51.7 cm³/mol. The SMILES string of the molecule is Cc1nc2c(s1)C#C[C-](C)C=C2.[Rb+]. The van der Waals surface area contributed by atoms with Gasteiger partial charge in [0.2, 0.25) is 0 Å². The largest absolute Gasteiger partial charge is 1.00 e. The first-order chi connectivity index (χ1) is 5.75. The van der Waals surface area contributed by atoms with Crippen LogP contribution >= 0.6 is 11.3 Å². The number of rotatable bonds is 0. The van der Waals surface area contributed by atoms with Gasteiger partial charge in [-0.2, -0.15) is 6.08 Å². The molecular weight excluding hydrogens is 252 g/mol. The van der Waals surface area contributed by atoms with Gasteiger partial charge in [0.05, 0.1) is 5.01 Å². The van der Waals surface area contributed by atoms with Crippen molar-refractivity contribution in [1.82, 2.24) is 4.98 Å². The molecule has 60 valence electrons. The molecule has 1 aliphatic rings. The van der Waals surface area contributed by atoms with Crippen molar-refractivity contribution in [3.05, 3.63) is 27.6 Å². The van der Waals surface area contributed by atoms with Crippen LogP contribution in [0.15, 0.2) is 6.08 Å². The molecule has 2 rings (SSSR count). The summed E-state index contributed by atoms with van der Waals surface area (Å²) in [4.78, 5) is 5.45. The van der Waals surface area contributed by atoms with Crippen molar-refractivity contribution in [2.45, 2.75) is 13.8 Å². The van der Waals surface area contributed by atoms with E-state index in [1.165, 1.54) is 0 Å². The number of aryl methyl sites for hydroxylation is 1. The number of hydrogen-bond acceptors (Lipinski definition) is 2. The first-order valence-corrected chi connectivity index (χ1v) is 4.58. The molecule has 0 atom stereocenters. The molecule has 0 spiro atoms. The van der Waals surface area contributed by atoms with E-state index in [0.29, 0.717) is 0 Å². The zero-order valence-corrected chi connectivity index (χ0v) is 13.7. The van der Waals surface area contributed by atoms with E-state index in [1.54, 1.807) is 11.3 Å². The van der Waals surface area contributed by atoms with Crippen molar-refractivity contribution < 1.29 is 58.2 Å². The first kappa shape index (κ1) is 11.7. The summed E-state index contributed by atoms with van der Waals surface area (Å²) in [7, 11) is 0. The Balaban J connectivity index is 0.000000845. The van der Waals surface area contributed by atoms with Crippen LogP contribution in [0.25, 0.3) is 6.08 Å². The van der Waals surface area contributed by atoms with Crippen molar-refractivity contribution in [2.24, 2.45) is 0 Å². The van der Waals surface area contributed by atoms with E-state index in [1.807, 2.05) is 26.0 Å². The summed E-state index contributed by atoms with van der Waals surface area (Å²) in [5, 5.41) is 1.08. The van der Waals surface area contributed by atoms with Gasteiger partial charge < -0.3 is 0 Å². The van der Waals surface area contributed by atoms with Crippen LogP contribution in [0.2, 0.25) is 0 Å². The van der Waals surface area contributed by atoms with E-state index in [4.69, 9.17) is 0 Å². The summed E-state index contributed by atoms with van der Waals surface area (Å²) in [6.45, 7) is 4.01. The third-order valence-corrected chi connectivity index (χ3v) is 2.53. The maximum absolute atomic E-state index is 4.36. The normalized spacial score (nSPS) is 12.3. The van der Waals surface area contributed by atoms with Gasteiger partial charge >= 0.3 is 58.2 Å². The summed E-state index contributed by atoms with van der Waals surface area (Å²) in [6.07, 6.45) is 4.03. The molecule has 13 heavy (non-hydrogen) atoms. The third kappa shape index (κ3) is 2.77. The van der Waals surface area contributed by atoms with Gasteiger partial charge in [0.1, 0.15) is 0 Å². The van der Waals surface area contributed by atoms with Gasteiger partial charge in [-0.15, -0.1) is 23.3 Å². The maximum atomic E-state index is 4.36. The second-order valence-corrected chi connectivity index (χ2v) is 3.92. The Morgan fingerprint density at radius 3 is 3.08 bits per heavy atom. The molecule has 3 heteroatoms. The zero-order chi connectivity index (χ0) is 8.55. The summed E-state index contributed by atoms with van der Waals surface area (Å²) < 4.78 is 0. The van der Waals surface area contributed by atoms with Crippen molar-refractivity contribution in [1.29, 1.82) is 0 Å². The molecule has 0 saturated carbocycles. The zero-order valence-electron chi connectivity index (χ0n) is 8.01. The van der Waals surface area contributed by atoms with Gasteiger partial charge in [0.15, 0.2) is 0 Å². The number of nitrogens with zero attached hydrogens (tertiary/aromatic N) is 1. The monoisotopic (exact) mass is 259 g/mol. The van der Waals surface area contributed by atoms with Crippen LogP contribution in [-0.4, -0.2) is 4.98 Å². The Kier molecular flexibility index (Phi) is 4.41. The van der Waals surface area contributed by atoms with Gasteiger partial charge in [-0.1, -0.05) is 6.92 Å². The second-order valence-electron chi connectivity index (χ2n) is 2.71. The van der Waals surface area contributed by atoms with Gasteiger partial charge in [-0.05, 0) is 6.92 Å². The van der Waals surface area contributed by atoms with E-state index in [-0.39, 0.29) is 58.2 Å². The van der Waals surface area contributed by atoms with Crippen molar-refractivity contribution in [3.8, 4) is 11.8 Å². The summed E-state index contributed by atoms with van der Waals surface area (Å²) in [5.41, 5.74) is 1.02. The van der Waals surface area contributed by atoms with Crippen molar-refractivity contribution >= 4 is 17.4 Å². The minimum absolute atomic E-state index is 0. The molecule has 0 unspecified atom stereocenters. The van der Waals surface area contributed by atoms with Gasteiger partial charge in [0, 0.05) is 10.6 Å². The molecule has 1 aromatic rings. The minimum Gasteiger partial charge on any atom is -0.255 e. The van der Waals surface area contributed by atoms with Crippen LogP contribution in [0.4, 0.5) is 0 Å². The van der Waals surface area contributed by atoms with Crippen LogP contribution < -0.4 is 58.2 Å².